The molecular formula is C26H18N4O3. The maximum atomic E-state index is 12.8. The minimum atomic E-state index is -0.977. The first-order valence-electron chi connectivity index (χ1n) is 10.3. The molecule has 0 saturated heterocycles. The Kier molecular flexibility index (Phi) is 5.17. The summed E-state index contributed by atoms with van der Waals surface area (Å²) in [6, 6.07) is 22.0. The summed E-state index contributed by atoms with van der Waals surface area (Å²) in [6.07, 6.45) is 2.26. The van der Waals surface area contributed by atoms with Crippen LogP contribution < -0.4 is 5.56 Å². The minimum absolute atomic E-state index is 0.215. The first-order valence-corrected chi connectivity index (χ1v) is 10.3. The highest BCUT2D eigenvalue weighted by atomic mass is 16.4. The standard InChI is InChI=1S/C26H18N4O3/c31-24-22-15-19(8-4-7-18-5-2-1-3-6-18)11-14-23(22)29-17-27-30(26(29)28-24)16-20-9-12-21(13-10-20)25(32)33/h1-3,5-6,9-15,17H,7,16H2,(H,32,33). The highest BCUT2D eigenvalue weighted by Crippen LogP contribution is 2.15. The molecule has 0 radical (unpaired) electrons. The second-order valence-corrected chi connectivity index (χ2v) is 7.57. The Bertz CT molecular complexity index is 1610. The molecule has 0 aliphatic rings. The zero-order valence-corrected chi connectivity index (χ0v) is 17.5. The van der Waals surface area contributed by atoms with Gasteiger partial charge in [0.2, 0.25) is 5.78 Å². The van der Waals surface area contributed by atoms with Crippen molar-refractivity contribution in [3.8, 4) is 11.8 Å². The van der Waals surface area contributed by atoms with Gasteiger partial charge in [-0.3, -0.25) is 9.20 Å². The van der Waals surface area contributed by atoms with E-state index < -0.39 is 5.97 Å². The summed E-state index contributed by atoms with van der Waals surface area (Å²) < 4.78 is 3.38. The first-order chi connectivity index (χ1) is 16.1. The van der Waals surface area contributed by atoms with Gasteiger partial charge < -0.3 is 5.11 Å². The highest BCUT2D eigenvalue weighted by Gasteiger charge is 2.11. The molecule has 1 N–H and O–H groups in total. The predicted molar refractivity (Wildman–Crippen MR) is 124 cm³/mol. The normalized spacial score (nSPS) is 10.8. The average Bonchev–Trinajstić information content (AvgIpc) is 3.22. The second kappa shape index (κ2) is 8.44. The molecule has 0 bridgehead atoms. The Morgan fingerprint density at radius 1 is 0.970 bits per heavy atom. The van der Waals surface area contributed by atoms with Crippen molar-refractivity contribution in [2.24, 2.45) is 0 Å². The summed E-state index contributed by atoms with van der Waals surface area (Å²) in [5.41, 5.74) is 3.31. The molecule has 7 nitrogen and oxygen atoms in total. The third-order valence-corrected chi connectivity index (χ3v) is 5.34. The number of carboxylic acids is 1. The van der Waals surface area contributed by atoms with Crippen molar-refractivity contribution in [3.63, 3.8) is 0 Å². The fraction of sp³-hybridized carbons (Fsp3) is 0.0769. The van der Waals surface area contributed by atoms with Crippen molar-refractivity contribution < 1.29 is 9.90 Å². The van der Waals surface area contributed by atoms with Crippen molar-refractivity contribution in [2.75, 3.05) is 0 Å². The number of aromatic nitrogens is 4. The Labute approximate surface area is 188 Å². The molecule has 0 aliphatic heterocycles. The predicted octanol–water partition coefficient (Wildman–Crippen LogP) is 3.38. The zero-order valence-electron chi connectivity index (χ0n) is 17.5. The average molecular weight is 434 g/mol. The van der Waals surface area contributed by atoms with Crippen molar-refractivity contribution in [3.05, 3.63) is 112 Å². The number of nitrogens with zero attached hydrogens (tertiary/aromatic N) is 4. The van der Waals surface area contributed by atoms with Crippen LogP contribution in [0.4, 0.5) is 0 Å². The summed E-state index contributed by atoms with van der Waals surface area (Å²) in [7, 11) is 0. The van der Waals surface area contributed by atoms with Crippen LogP contribution in [0.1, 0.15) is 27.0 Å². The fourth-order valence-electron chi connectivity index (χ4n) is 3.65. The van der Waals surface area contributed by atoms with E-state index in [1.165, 1.54) is 0 Å². The number of benzene rings is 3. The Morgan fingerprint density at radius 3 is 2.52 bits per heavy atom. The van der Waals surface area contributed by atoms with E-state index in [0.29, 0.717) is 29.6 Å². The van der Waals surface area contributed by atoms with Crippen molar-refractivity contribution in [2.45, 2.75) is 13.0 Å². The quantitative estimate of drug-likeness (QED) is 0.438. The Hall–Kier alpha value is -4.70. The number of hydrogen-bond acceptors (Lipinski definition) is 4. The lowest BCUT2D eigenvalue weighted by molar-refractivity contribution is 0.0697. The highest BCUT2D eigenvalue weighted by molar-refractivity contribution is 5.87. The summed E-state index contributed by atoms with van der Waals surface area (Å²) in [5, 5.41) is 13.9. The first kappa shape index (κ1) is 20.2. The van der Waals surface area contributed by atoms with E-state index in [2.05, 4.69) is 21.9 Å². The van der Waals surface area contributed by atoms with Gasteiger partial charge in [0.15, 0.2) is 0 Å². The van der Waals surface area contributed by atoms with Gasteiger partial charge in [-0.15, -0.1) is 0 Å². The summed E-state index contributed by atoms with van der Waals surface area (Å²) in [4.78, 5) is 28.1. The maximum Gasteiger partial charge on any atom is 0.335 e. The molecule has 5 aromatic rings. The third-order valence-electron chi connectivity index (χ3n) is 5.34. The number of carboxylic acid groups (broad SMARTS) is 1. The lowest BCUT2D eigenvalue weighted by Gasteiger charge is -2.05. The molecule has 2 aromatic heterocycles. The molecule has 2 heterocycles. The fourth-order valence-corrected chi connectivity index (χ4v) is 3.65. The topological polar surface area (TPSA) is 89.5 Å². The number of rotatable bonds is 4. The molecule has 3 aromatic carbocycles. The molecule has 160 valence electrons. The van der Waals surface area contributed by atoms with Gasteiger partial charge in [0.05, 0.1) is 23.0 Å². The molecule has 0 unspecified atom stereocenters. The summed E-state index contributed by atoms with van der Waals surface area (Å²) in [6.45, 7) is 0.359. The molecule has 7 heteroatoms. The molecule has 0 spiro atoms. The zero-order chi connectivity index (χ0) is 22.8. The van der Waals surface area contributed by atoms with Gasteiger partial charge in [-0.2, -0.15) is 10.1 Å². The van der Waals surface area contributed by atoms with Gasteiger partial charge in [0, 0.05) is 12.0 Å². The monoisotopic (exact) mass is 434 g/mol. The molecule has 0 saturated carbocycles. The van der Waals surface area contributed by atoms with E-state index in [1.54, 1.807) is 45.7 Å². The van der Waals surface area contributed by atoms with E-state index in [1.807, 2.05) is 42.5 Å². The van der Waals surface area contributed by atoms with Gasteiger partial charge in [0.25, 0.3) is 5.56 Å². The lowest BCUT2D eigenvalue weighted by Crippen LogP contribution is -2.13. The van der Waals surface area contributed by atoms with Crippen molar-refractivity contribution >= 4 is 22.6 Å². The Balaban J connectivity index is 1.46. The molecule has 33 heavy (non-hydrogen) atoms. The van der Waals surface area contributed by atoms with Crippen LogP contribution in [0, 0.1) is 11.8 Å². The molecule has 0 aliphatic carbocycles. The molecule has 0 amide bonds. The number of hydrogen-bond donors (Lipinski definition) is 1. The molecule has 0 atom stereocenters. The van der Waals surface area contributed by atoms with Crippen LogP contribution in [0.25, 0.3) is 16.7 Å². The van der Waals surface area contributed by atoms with E-state index in [9.17, 15) is 9.59 Å². The van der Waals surface area contributed by atoms with Gasteiger partial charge in [0.1, 0.15) is 6.33 Å². The second-order valence-electron chi connectivity index (χ2n) is 7.57. The summed E-state index contributed by atoms with van der Waals surface area (Å²) in [5.74, 6) is 5.71. The van der Waals surface area contributed by atoms with Crippen LogP contribution in [0.15, 0.2) is 83.9 Å². The van der Waals surface area contributed by atoms with Crippen LogP contribution in [0.2, 0.25) is 0 Å². The molecule has 5 rings (SSSR count). The van der Waals surface area contributed by atoms with E-state index in [-0.39, 0.29) is 11.1 Å². The van der Waals surface area contributed by atoms with E-state index >= 15 is 0 Å². The van der Waals surface area contributed by atoms with E-state index in [0.717, 1.165) is 16.7 Å². The summed E-state index contributed by atoms with van der Waals surface area (Å²) >= 11 is 0. The van der Waals surface area contributed by atoms with Crippen LogP contribution in [0.5, 0.6) is 0 Å². The van der Waals surface area contributed by atoms with Gasteiger partial charge in [-0.25, -0.2) is 9.48 Å². The van der Waals surface area contributed by atoms with Gasteiger partial charge >= 0.3 is 5.97 Å². The van der Waals surface area contributed by atoms with E-state index in [4.69, 9.17) is 5.11 Å². The largest absolute Gasteiger partial charge is 0.478 e. The third kappa shape index (κ3) is 4.10. The van der Waals surface area contributed by atoms with Crippen molar-refractivity contribution in [1.82, 2.24) is 19.2 Å². The lowest BCUT2D eigenvalue weighted by atomic mass is 10.1. The molecule has 0 fully saturated rings. The van der Waals surface area contributed by atoms with Gasteiger partial charge in [-0.05, 0) is 41.5 Å². The number of aromatic carboxylic acids is 1. The maximum absolute atomic E-state index is 12.8. The Morgan fingerprint density at radius 2 is 1.76 bits per heavy atom. The van der Waals surface area contributed by atoms with Crippen LogP contribution in [-0.4, -0.2) is 30.2 Å². The SMILES string of the molecule is O=C(O)c1ccc(Cn2ncn3c4ccc(C#CCc5ccccc5)cc4c(=O)nc23)cc1. The minimum Gasteiger partial charge on any atom is -0.478 e. The van der Waals surface area contributed by atoms with Crippen molar-refractivity contribution in [1.29, 1.82) is 0 Å². The van der Waals surface area contributed by atoms with Crippen LogP contribution in [0.3, 0.4) is 0 Å². The smallest absolute Gasteiger partial charge is 0.335 e. The number of carbonyl (C=O) groups is 1. The van der Waals surface area contributed by atoms with Crippen LogP contribution in [-0.2, 0) is 13.0 Å². The van der Waals surface area contributed by atoms with Crippen LogP contribution >= 0.6 is 0 Å². The number of fused-ring (bicyclic) bond motifs is 3. The molecular weight excluding hydrogens is 416 g/mol. The van der Waals surface area contributed by atoms with Gasteiger partial charge in [-0.1, -0.05) is 54.3 Å².